The van der Waals surface area contributed by atoms with Crippen molar-refractivity contribution in [1.29, 1.82) is 0 Å². The summed E-state index contributed by atoms with van der Waals surface area (Å²) in [5.41, 5.74) is 2.74. The molecule has 8 nitrogen and oxygen atoms in total. The van der Waals surface area contributed by atoms with Gasteiger partial charge in [0.1, 0.15) is 6.54 Å². The van der Waals surface area contributed by atoms with Crippen LogP contribution in [0.3, 0.4) is 0 Å². The second-order valence-electron chi connectivity index (χ2n) is 5.20. The van der Waals surface area contributed by atoms with Crippen LogP contribution in [0.5, 0.6) is 0 Å². The molecule has 0 aliphatic heterocycles. The van der Waals surface area contributed by atoms with Gasteiger partial charge in [0.15, 0.2) is 0 Å². The van der Waals surface area contributed by atoms with Crippen LogP contribution >= 0.6 is 11.3 Å². The van der Waals surface area contributed by atoms with Gasteiger partial charge in [-0.2, -0.15) is 16.1 Å². The number of Topliss-reactive ketones (excluding diaryl/α,β-unsaturated/α-hetero) is 1. The van der Waals surface area contributed by atoms with Crippen molar-refractivity contribution in [3.63, 3.8) is 0 Å². The minimum absolute atomic E-state index is 0.0709. The third-order valence-corrected chi connectivity index (χ3v) is 4.31. The number of rotatable bonds is 5. The molecule has 3 rings (SSSR count). The number of ether oxygens (including phenoxy) is 1. The van der Waals surface area contributed by atoms with Crippen molar-refractivity contribution < 1.29 is 14.3 Å². The normalized spacial score (nSPS) is 10.8. The Morgan fingerprint density at radius 2 is 2.17 bits per heavy atom. The van der Waals surface area contributed by atoms with Crippen LogP contribution in [-0.2, 0) is 11.3 Å². The van der Waals surface area contributed by atoms with Crippen molar-refractivity contribution in [3.05, 3.63) is 39.3 Å². The Balaban J connectivity index is 1.82. The smallest absolute Gasteiger partial charge is 0.339 e. The lowest BCUT2D eigenvalue weighted by molar-refractivity contribution is 0.0599. The summed E-state index contributed by atoms with van der Waals surface area (Å²) in [6, 6.07) is 1.88. The topological polar surface area (TPSA) is 103 Å². The van der Waals surface area contributed by atoms with Gasteiger partial charge in [-0.3, -0.25) is 4.79 Å². The summed E-state index contributed by atoms with van der Waals surface area (Å²) in [6.45, 7) is 3.35. The standard InChI is InChI=1S/C15H15N5O3S/c1-8-12(15(22)23-3)9(2)16-13(8)11(21)6-20-18-14(17-19-20)10-4-5-24-7-10/h4-5,7,16H,6H2,1-3H3. The van der Waals surface area contributed by atoms with Gasteiger partial charge in [0, 0.05) is 16.6 Å². The van der Waals surface area contributed by atoms with Gasteiger partial charge in [0.25, 0.3) is 0 Å². The summed E-state index contributed by atoms with van der Waals surface area (Å²) in [7, 11) is 1.31. The largest absolute Gasteiger partial charge is 0.465 e. The van der Waals surface area contributed by atoms with Gasteiger partial charge in [-0.1, -0.05) is 0 Å². The van der Waals surface area contributed by atoms with Crippen LogP contribution in [0.2, 0.25) is 0 Å². The van der Waals surface area contributed by atoms with Crippen LogP contribution in [0, 0.1) is 13.8 Å². The number of nitrogens with one attached hydrogen (secondary N) is 1. The van der Waals surface area contributed by atoms with Crippen LogP contribution in [0.1, 0.15) is 32.1 Å². The molecule has 3 aromatic heterocycles. The highest BCUT2D eigenvalue weighted by Crippen LogP contribution is 2.20. The van der Waals surface area contributed by atoms with Gasteiger partial charge in [-0.05, 0) is 36.1 Å². The molecule has 1 N–H and O–H groups in total. The Morgan fingerprint density at radius 3 is 2.83 bits per heavy atom. The zero-order chi connectivity index (χ0) is 17.3. The maximum atomic E-state index is 12.5. The lowest BCUT2D eigenvalue weighted by atomic mass is 10.1. The monoisotopic (exact) mass is 345 g/mol. The number of H-pyrrole nitrogens is 1. The second kappa shape index (κ2) is 6.36. The highest BCUT2D eigenvalue weighted by molar-refractivity contribution is 7.08. The van der Waals surface area contributed by atoms with Crippen molar-refractivity contribution in [3.8, 4) is 11.4 Å². The molecule has 3 heterocycles. The molecule has 0 amide bonds. The van der Waals surface area contributed by atoms with Crippen molar-refractivity contribution in [2.45, 2.75) is 20.4 Å². The number of aryl methyl sites for hydroxylation is 1. The third kappa shape index (κ3) is 2.85. The number of nitrogens with zero attached hydrogens (tertiary/aromatic N) is 4. The zero-order valence-electron chi connectivity index (χ0n) is 13.4. The number of tetrazole rings is 1. The highest BCUT2D eigenvalue weighted by Gasteiger charge is 2.23. The molecule has 0 spiro atoms. The van der Waals surface area contributed by atoms with Gasteiger partial charge in [-0.15, -0.1) is 10.2 Å². The van der Waals surface area contributed by atoms with E-state index in [1.54, 1.807) is 13.8 Å². The molecule has 0 aliphatic rings. The van der Waals surface area contributed by atoms with E-state index in [-0.39, 0.29) is 12.3 Å². The number of hydrogen-bond acceptors (Lipinski definition) is 7. The molecular weight excluding hydrogens is 330 g/mol. The van der Waals surface area contributed by atoms with Crippen LogP contribution < -0.4 is 0 Å². The Bertz CT molecular complexity index is 895. The van der Waals surface area contributed by atoms with E-state index in [0.29, 0.717) is 28.3 Å². The third-order valence-electron chi connectivity index (χ3n) is 3.62. The second-order valence-corrected chi connectivity index (χ2v) is 5.98. The first-order valence-corrected chi connectivity index (χ1v) is 8.06. The number of hydrogen-bond donors (Lipinski definition) is 1. The Kier molecular flexibility index (Phi) is 4.26. The van der Waals surface area contributed by atoms with E-state index in [9.17, 15) is 9.59 Å². The van der Waals surface area contributed by atoms with Crippen molar-refractivity contribution in [2.75, 3.05) is 7.11 Å². The summed E-state index contributed by atoms with van der Waals surface area (Å²) in [6.07, 6.45) is 0. The van der Waals surface area contributed by atoms with Gasteiger partial charge < -0.3 is 9.72 Å². The Morgan fingerprint density at radius 1 is 1.38 bits per heavy atom. The fourth-order valence-corrected chi connectivity index (χ4v) is 3.10. The molecule has 0 fully saturated rings. The molecule has 0 bridgehead atoms. The number of ketones is 1. The summed E-state index contributed by atoms with van der Waals surface area (Å²) in [4.78, 5) is 28.5. The Labute approximate surface area is 141 Å². The van der Waals surface area contributed by atoms with Gasteiger partial charge in [-0.25, -0.2) is 4.79 Å². The molecule has 0 saturated carbocycles. The quantitative estimate of drug-likeness (QED) is 0.560. The van der Waals surface area contributed by atoms with Crippen molar-refractivity contribution in [1.82, 2.24) is 25.2 Å². The summed E-state index contributed by atoms with van der Waals surface area (Å²) < 4.78 is 4.74. The van der Waals surface area contributed by atoms with Crippen molar-refractivity contribution in [2.24, 2.45) is 0 Å². The number of aromatic amines is 1. The van der Waals surface area contributed by atoms with E-state index in [2.05, 4.69) is 20.4 Å². The van der Waals surface area contributed by atoms with E-state index in [0.717, 1.165) is 5.56 Å². The molecule has 3 aromatic rings. The van der Waals surface area contributed by atoms with Crippen LogP contribution in [0.15, 0.2) is 16.8 Å². The number of carbonyl (C=O) groups is 2. The predicted octanol–water partition coefficient (Wildman–Crippen LogP) is 2.02. The molecule has 9 heteroatoms. The highest BCUT2D eigenvalue weighted by atomic mass is 32.1. The number of esters is 1. The molecule has 24 heavy (non-hydrogen) atoms. The number of carbonyl (C=O) groups excluding carboxylic acids is 2. The number of methoxy groups -OCH3 is 1. The fourth-order valence-electron chi connectivity index (χ4n) is 2.46. The first-order chi connectivity index (χ1) is 11.5. The number of aromatic nitrogens is 5. The fraction of sp³-hybridized carbons (Fsp3) is 0.267. The van der Waals surface area contributed by atoms with E-state index in [1.165, 1.54) is 23.2 Å². The van der Waals surface area contributed by atoms with E-state index >= 15 is 0 Å². The Hall–Kier alpha value is -2.81. The summed E-state index contributed by atoms with van der Waals surface area (Å²) >= 11 is 1.53. The van der Waals surface area contributed by atoms with E-state index < -0.39 is 5.97 Å². The number of thiophene rings is 1. The minimum atomic E-state index is -0.473. The zero-order valence-corrected chi connectivity index (χ0v) is 14.2. The molecule has 0 radical (unpaired) electrons. The molecule has 0 atom stereocenters. The maximum Gasteiger partial charge on any atom is 0.339 e. The average Bonchev–Trinajstić information content (AvgIpc) is 3.27. The van der Waals surface area contributed by atoms with E-state index in [4.69, 9.17) is 4.74 Å². The first-order valence-electron chi connectivity index (χ1n) is 7.12. The average molecular weight is 345 g/mol. The molecule has 0 saturated heterocycles. The van der Waals surface area contributed by atoms with Gasteiger partial charge >= 0.3 is 5.97 Å². The molecule has 0 aliphatic carbocycles. The molecule has 0 unspecified atom stereocenters. The van der Waals surface area contributed by atoms with Crippen LogP contribution in [0.25, 0.3) is 11.4 Å². The lowest BCUT2D eigenvalue weighted by Crippen LogP contribution is -2.15. The predicted molar refractivity (Wildman–Crippen MR) is 87.1 cm³/mol. The van der Waals surface area contributed by atoms with Crippen LogP contribution in [0.4, 0.5) is 0 Å². The summed E-state index contributed by atoms with van der Waals surface area (Å²) in [5.74, 6) is -0.238. The molecule has 124 valence electrons. The SMILES string of the molecule is COC(=O)c1c(C)[nH]c(C(=O)Cn2nnc(-c3ccsc3)n2)c1C. The molecule has 0 aromatic carbocycles. The molecular formula is C15H15N5O3S. The van der Waals surface area contributed by atoms with E-state index in [1.807, 2.05) is 16.8 Å². The maximum absolute atomic E-state index is 12.5. The minimum Gasteiger partial charge on any atom is -0.465 e. The van der Waals surface area contributed by atoms with Gasteiger partial charge in [0.2, 0.25) is 11.6 Å². The lowest BCUT2D eigenvalue weighted by Gasteiger charge is -2.00. The van der Waals surface area contributed by atoms with Crippen LogP contribution in [-0.4, -0.2) is 44.1 Å². The van der Waals surface area contributed by atoms with Gasteiger partial charge in [0.05, 0.1) is 18.4 Å². The van der Waals surface area contributed by atoms with Crippen molar-refractivity contribution >= 4 is 23.1 Å². The summed E-state index contributed by atoms with van der Waals surface area (Å²) in [5, 5.41) is 15.9. The first kappa shape index (κ1) is 16.1.